The molecule has 0 N–H and O–H groups in total. The molecule has 1 saturated heterocycles. The lowest BCUT2D eigenvalue weighted by molar-refractivity contribution is -0.305. The molecule has 1 heterocycles. The fourth-order valence-electron chi connectivity index (χ4n) is 2.41. The third-order valence-corrected chi connectivity index (χ3v) is 4.53. The summed E-state index contributed by atoms with van der Waals surface area (Å²) < 4.78 is 15.8. The van der Waals surface area contributed by atoms with E-state index in [1.807, 2.05) is 0 Å². The lowest BCUT2D eigenvalue weighted by Gasteiger charge is -2.13. The number of ether oxygens (including phenoxy) is 3. The van der Waals surface area contributed by atoms with Crippen LogP contribution in [0, 0.1) is 0 Å². The summed E-state index contributed by atoms with van der Waals surface area (Å²) in [4.78, 5) is 36.1. The van der Waals surface area contributed by atoms with Gasteiger partial charge in [0.05, 0.1) is 26.2 Å². The van der Waals surface area contributed by atoms with E-state index in [4.69, 9.17) is 14.2 Å². The van der Waals surface area contributed by atoms with Crippen molar-refractivity contribution in [1.29, 1.82) is 0 Å². The average molecular weight is 380 g/mol. The van der Waals surface area contributed by atoms with E-state index in [0.29, 0.717) is 22.8 Å². The van der Waals surface area contributed by atoms with Crippen LogP contribution in [0.4, 0.5) is 4.79 Å². The Labute approximate surface area is 154 Å². The molecule has 1 aliphatic rings. The first-order chi connectivity index (χ1) is 12.4. The number of nitrogens with zero attached hydrogens (tertiary/aromatic N) is 1. The summed E-state index contributed by atoms with van der Waals surface area (Å²) in [5, 5.41) is 10.0. The van der Waals surface area contributed by atoms with Gasteiger partial charge in [-0.1, -0.05) is 0 Å². The molecule has 0 bridgehead atoms. The van der Waals surface area contributed by atoms with Crippen molar-refractivity contribution in [3.05, 3.63) is 22.6 Å². The molecule has 0 saturated carbocycles. The van der Waals surface area contributed by atoms with Gasteiger partial charge in [-0.15, -0.1) is 0 Å². The maximum atomic E-state index is 12.4. The van der Waals surface area contributed by atoms with Crippen molar-refractivity contribution in [3.63, 3.8) is 0 Å². The fraction of sp³-hybridized carbons (Fsp3) is 0.353. The lowest BCUT2D eigenvalue weighted by atomic mass is 10.1. The SMILES string of the molecule is COc1cc(/C=C2/SC(=O)N(CCCC(=O)[O-])C2=O)cc(OC)c1OC. The van der Waals surface area contributed by atoms with Crippen molar-refractivity contribution in [2.24, 2.45) is 0 Å². The van der Waals surface area contributed by atoms with Crippen LogP contribution >= 0.6 is 11.8 Å². The van der Waals surface area contributed by atoms with Gasteiger partial charge < -0.3 is 24.1 Å². The zero-order valence-corrected chi connectivity index (χ0v) is 15.4. The molecule has 140 valence electrons. The molecule has 2 amide bonds. The van der Waals surface area contributed by atoms with Crippen LogP contribution < -0.4 is 19.3 Å². The molecule has 0 atom stereocenters. The predicted octanol–water partition coefficient (Wildman–Crippen LogP) is 1.28. The van der Waals surface area contributed by atoms with E-state index in [1.165, 1.54) is 21.3 Å². The number of amides is 2. The van der Waals surface area contributed by atoms with Crippen LogP contribution in [-0.2, 0) is 9.59 Å². The molecule has 0 unspecified atom stereocenters. The van der Waals surface area contributed by atoms with Gasteiger partial charge in [-0.05, 0) is 48.4 Å². The Morgan fingerprint density at radius 3 is 2.27 bits per heavy atom. The molecular weight excluding hydrogens is 362 g/mol. The summed E-state index contributed by atoms with van der Waals surface area (Å²) in [6.45, 7) is 0.0330. The highest BCUT2D eigenvalue weighted by Crippen LogP contribution is 2.40. The van der Waals surface area contributed by atoms with Crippen molar-refractivity contribution < 1.29 is 33.7 Å². The first kappa shape index (κ1) is 19.6. The van der Waals surface area contributed by atoms with Gasteiger partial charge in [0.25, 0.3) is 11.1 Å². The summed E-state index contributed by atoms with van der Waals surface area (Å²) in [6, 6.07) is 3.32. The van der Waals surface area contributed by atoms with Gasteiger partial charge in [-0.2, -0.15) is 0 Å². The van der Waals surface area contributed by atoms with Gasteiger partial charge in [0.1, 0.15) is 0 Å². The maximum absolute atomic E-state index is 12.4. The number of rotatable bonds is 8. The standard InChI is InChI=1S/C17H19NO7S/c1-23-11-7-10(8-12(24-2)15(11)25-3)9-13-16(21)18(17(22)26-13)6-4-5-14(19)20/h7-9H,4-6H2,1-3H3,(H,19,20)/p-1/b13-9+. The molecule has 1 aromatic carbocycles. The maximum Gasteiger partial charge on any atom is 0.293 e. The fourth-order valence-corrected chi connectivity index (χ4v) is 3.28. The zero-order chi connectivity index (χ0) is 19.3. The van der Waals surface area contributed by atoms with Crippen molar-refractivity contribution >= 4 is 35.0 Å². The minimum atomic E-state index is -1.22. The Morgan fingerprint density at radius 1 is 1.15 bits per heavy atom. The van der Waals surface area contributed by atoms with Crippen molar-refractivity contribution in [2.75, 3.05) is 27.9 Å². The molecule has 1 fully saturated rings. The number of hydrogen-bond acceptors (Lipinski definition) is 8. The highest BCUT2D eigenvalue weighted by molar-refractivity contribution is 8.18. The van der Waals surface area contributed by atoms with Crippen molar-refractivity contribution in [3.8, 4) is 17.2 Å². The number of carbonyl (C=O) groups excluding carboxylic acids is 3. The van der Waals surface area contributed by atoms with E-state index in [-0.39, 0.29) is 24.3 Å². The van der Waals surface area contributed by atoms with Gasteiger partial charge in [-0.3, -0.25) is 14.5 Å². The van der Waals surface area contributed by atoms with Crippen molar-refractivity contribution in [2.45, 2.75) is 12.8 Å². The molecular formula is C17H18NO7S-. The third-order valence-electron chi connectivity index (χ3n) is 3.62. The predicted molar refractivity (Wildman–Crippen MR) is 93.0 cm³/mol. The Bertz CT molecular complexity index is 734. The topological polar surface area (TPSA) is 105 Å². The van der Waals surface area contributed by atoms with E-state index in [9.17, 15) is 19.5 Å². The quantitative estimate of drug-likeness (QED) is 0.621. The van der Waals surface area contributed by atoms with Gasteiger partial charge in [0, 0.05) is 12.5 Å². The zero-order valence-electron chi connectivity index (χ0n) is 14.6. The van der Waals surface area contributed by atoms with Crippen LogP contribution in [0.15, 0.2) is 17.0 Å². The molecule has 0 radical (unpaired) electrons. The highest BCUT2D eigenvalue weighted by Gasteiger charge is 2.34. The second kappa shape index (κ2) is 8.61. The second-order valence-electron chi connectivity index (χ2n) is 5.27. The highest BCUT2D eigenvalue weighted by atomic mass is 32.2. The number of carbonyl (C=O) groups is 3. The molecule has 1 aromatic rings. The van der Waals surface area contributed by atoms with Crippen LogP contribution in [-0.4, -0.2) is 49.9 Å². The molecule has 26 heavy (non-hydrogen) atoms. The summed E-state index contributed by atoms with van der Waals surface area (Å²) >= 11 is 0.795. The number of imide groups is 1. The van der Waals surface area contributed by atoms with E-state index in [2.05, 4.69) is 0 Å². The summed E-state index contributed by atoms with van der Waals surface area (Å²) in [6.07, 6.45) is 1.49. The summed E-state index contributed by atoms with van der Waals surface area (Å²) in [5.41, 5.74) is 0.597. The Hall–Kier alpha value is -2.68. The van der Waals surface area contributed by atoms with Gasteiger partial charge in [-0.25, -0.2) is 0 Å². The molecule has 0 aliphatic carbocycles. The molecule has 8 nitrogen and oxygen atoms in total. The van der Waals surface area contributed by atoms with Crippen LogP contribution in [0.5, 0.6) is 17.2 Å². The Balaban J connectivity index is 2.25. The smallest absolute Gasteiger partial charge is 0.293 e. The molecule has 9 heteroatoms. The Kier molecular flexibility index (Phi) is 6.51. The van der Waals surface area contributed by atoms with Gasteiger partial charge in [0.15, 0.2) is 11.5 Å². The minimum Gasteiger partial charge on any atom is -0.550 e. The van der Waals surface area contributed by atoms with E-state index < -0.39 is 17.1 Å². The van der Waals surface area contributed by atoms with E-state index in [1.54, 1.807) is 18.2 Å². The van der Waals surface area contributed by atoms with Crippen LogP contribution in [0.25, 0.3) is 6.08 Å². The monoisotopic (exact) mass is 380 g/mol. The number of thioether (sulfide) groups is 1. The first-order valence-electron chi connectivity index (χ1n) is 7.66. The van der Waals surface area contributed by atoms with Crippen LogP contribution in [0.2, 0.25) is 0 Å². The average Bonchev–Trinajstić information content (AvgIpc) is 2.87. The largest absolute Gasteiger partial charge is 0.550 e. The number of carboxylic acids is 1. The number of hydrogen-bond donors (Lipinski definition) is 0. The minimum absolute atomic E-state index is 0.0330. The second-order valence-corrected chi connectivity index (χ2v) is 6.26. The number of benzene rings is 1. The lowest BCUT2D eigenvalue weighted by Crippen LogP contribution is -2.30. The number of aliphatic carboxylic acids is 1. The van der Waals surface area contributed by atoms with E-state index >= 15 is 0 Å². The van der Waals surface area contributed by atoms with E-state index in [0.717, 1.165) is 16.7 Å². The summed E-state index contributed by atoms with van der Waals surface area (Å²) in [7, 11) is 4.44. The third kappa shape index (κ3) is 4.29. The van der Waals surface area contributed by atoms with Crippen molar-refractivity contribution in [1.82, 2.24) is 4.90 Å². The number of carboxylic acid groups (broad SMARTS) is 1. The van der Waals surface area contributed by atoms with Gasteiger partial charge >= 0.3 is 0 Å². The van der Waals surface area contributed by atoms with Crippen LogP contribution in [0.1, 0.15) is 18.4 Å². The normalized spacial score (nSPS) is 15.5. The molecule has 0 spiro atoms. The summed E-state index contributed by atoms with van der Waals surface area (Å²) in [5.74, 6) is -0.419. The molecule has 1 aliphatic heterocycles. The van der Waals surface area contributed by atoms with Crippen LogP contribution in [0.3, 0.4) is 0 Å². The van der Waals surface area contributed by atoms with Gasteiger partial charge in [0.2, 0.25) is 5.75 Å². The molecule has 0 aromatic heterocycles. The number of methoxy groups -OCH3 is 3. The Morgan fingerprint density at radius 2 is 1.77 bits per heavy atom. The molecule has 2 rings (SSSR count). The first-order valence-corrected chi connectivity index (χ1v) is 8.48.